The Morgan fingerprint density at radius 1 is 0.706 bits per heavy atom. The monoisotopic (exact) mass is 250 g/mol. The van der Waals surface area contributed by atoms with Gasteiger partial charge in [0.1, 0.15) is 5.75 Å². The molecular weight excluding hydrogens is 240 g/mol. The van der Waals surface area contributed by atoms with Gasteiger partial charge in [-0.15, -0.1) is 0 Å². The fourth-order valence-corrected chi connectivity index (χ4v) is 2.17. The van der Waals surface area contributed by atoms with E-state index in [1.165, 1.54) is 23.9 Å². The third-order valence-electron chi connectivity index (χ3n) is 2.12. The smallest absolute Gasteiger partial charge is 0.200 e. The molecule has 0 aromatic heterocycles. The lowest BCUT2D eigenvalue weighted by Crippen LogP contribution is -1.76. The molecule has 5 heteroatoms. The maximum atomic E-state index is 9.34. The molecule has 2 aromatic rings. The molecule has 4 nitrogen and oxygen atoms in total. The fourth-order valence-electron chi connectivity index (χ4n) is 1.29. The lowest BCUT2D eigenvalue weighted by molar-refractivity contribution is 0.366. The first-order chi connectivity index (χ1) is 8.06. The molecule has 2 rings (SSSR count). The zero-order valence-corrected chi connectivity index (χ0v) is 9.48. The summed E-state index contributed by atoms with van der Waals surface area (Å²) in [6.07, 6.45) is 0. The summed E-state index contributed by atoms with van der Waals surface area (Å²) in [6, 6.07) is 9.21. The lowest BCUT2D eigenvalue weighted by Gasteiger charge is -2.05. The Hall–Kier alpha value is -2.01. The van der Waals surface area contributed by atoms with Crippen molar-refractivity contribution in [3.8, 4) is 23.0 Å². The minimum atomic E-state index is -0.528. The highest BCUT2D eigenvalue weighted by Crippen LogP contribution is 2.40. The predicted molar refractivity (Wildman–Crippen MR) is 63.7 cm³/mol. The first-order valence-corrected chi connectivity index (χ1v) is 5.60. The van der Waals surface area contributed by atoms with Crippen molar-refractivity contribution < 1.29 is 20.4 Å². The van der Waals surface area contributed by atoms with Crippen molar-refractivity contribution in [3.05, 3.63) is 36.4 Å². The van der Waals surface area contributed by atoms with Crippen LogP contribution in [0, 0.1) is 0 Å². The number of hydrogen-bond acceptors (Lipinski definition) is 5. The van der Waals surface area contributed by atoms with Gasteiger partial charge in [0.25, 0.3) is 0 Å². The van der Waals surface area contributed by atoms with Crippen LogP contribution in [0.4, 0.5) is 0 Å². The van der Waals surface area contributed by atoms with Crippen molar-refractivity contribution in [2.75, 3.05) is 0 Å². The summed E-state index contributed by atoms with van der Waals surface area (Å²) < 4.78 is 0. The van der Waals surface area contributed by atoms with Gasteiger partial charge < -0.3 is 20.4 Å². The predicted octanol–water partition coefficient (Wildman–Crippen LogP) is 2.66. The molecule has 4 N–H and O–H groups in total. The second kappa shape index (κ2) is 4.47. The topological polar surface area (TPSA) is 80.9 Å². The molecule has 0 aliphatic carbocycles. The van der Waals surface area contributed by atoms with Crippen LogP contribution >= 0.6 is 11.8 Å². The molecule has 2 aromatic carbocycles. The molecule has 88 valence electrons. The van der Waals surface area contributed by atoms with Gasteiger partial charge in [0.15, 0.2) is 17.2 Å². The third kappa shape index (κ3) is 2.57. The lowest BCUT2D eigenvalue weighted by atomic mass is 10.3. The standard InChI is InChI=1S/C12H10O4S/c13-7-1-3-8(4-2-7)17-9-5-10(14)12(16)11(15)6-9/h1-6,13-16H. The van der Waals surface area contributed by atoms with E-state index in [2.05, 4.69) is 0 Å². The van der Waals surface area contributed by atoms with Crippen LogP contribution in [0.1, 0.15) is 0 Å². The van der Waals surface area contributed by atoms with Crippen LogP contribution < -0.4 is 0 Å². The van der Waals surface area contributed by atoms with Crippen molar-refractivity contribution in [1.29, 1.82) is 0 Å². The Balaban J connectivity index is 2.27. The van der Waals surface area contributed by atoms with E-state index in [1.807, 2.05) is 0 Å². The van der Waals surface area contributed by atoms with Crippen LogP contribution in [0.3, 0.4) is 0 Å². The van der Waals surface area contributed by atoms with Crippen LogP contribution in [-0.4, -0.2) is 20.4 Å². The summed E-state index contributed by atoms with van der Waals surface area (Å²) in [6.45, 7) is 0. The summed E-state index contributed by atoms with van der Waals surface area (Å²) in [5.74, 6) is -1.09. The van der Waals surface area contributed by atoms with Gasteiger partial charge in [-0.05, 0) is 36.4 Å². The third-order valence-corrected chi connectivity index (χ3v) is 3.09. The van der Waals surface area contributed by atoms with Crippen molar-refractivity contribution in [1.82, 2.24) is 0 Å². The largest absolute Gasteiger partial charge is 0.508 e. The van der Waals surface area contributed by atoms with Crippen molar-refractivity contribution in [2.24, 2.45) is 0 Å². The molecule has 0 aliphatic rings. The van der Waals surface area contributed by atoms with Crippen LogP contribution in [-0.2, 0) is 0 Å². The van der Waals surface area contributed by atoms with Gasteiger partial charge in [-0.25, -0.2) is 0 Å². The van der Waals surface area contributed by atoms with E-state index in [0.29, 0.717) is 4.90 Å². The van der Waals surface area contributed by atoms with Gasteiger partial charge in [-0.3, -0.25) is 0 Å². The molecule has 0 saturated heterocycles. The SMILES string of the molecule is Oc1ccc(Sc2cc(O)c(O)c(O)c2)cc1. The Kier molecular flexibility index (Phi) is 3.01. The summed E-state index contributed by atoms with van der Waals surface area (Å²) in [7, 11) is 0. The quantitative estimate of drug-likeness (QED) is 0.616. The van der Waals surface area contributed by atoms with Crippen molar-refractivity contribution >= 4 is 11.8 Å². The highest BCUT2D eigenvalue weighted by atomic mass is 32.2. The average molecular weight is 250 g/mol. The minimum Gasteiger partial charge on any atom is -0.508 e. The summed E-state index contributed by atoms with van der Waals surface area (Å²) in [5, 5.41) is 37.0. The highest BCUT2D eigenvalue weighted by molar-refractivity contribution is 7.99. The van der Waals surface area contributed by atoms with E-state index < -0.39 is 5.75 Å². The maximum absolute atomic E-state index is 9.34. The summed E-state index contributed by atoms with van der Waals surface area (Å²) in [5.41, 5.74) is 0. The maximum Gasteiger partial charge on any atom is 0.200 e. The van der Waals surface area contributed by atoms with E-state index in [0.717, 1.165) is 4.90 Å². The van der Waals surface area contributed by atoms with E-state index in [-0.39, 0.29) is 17.2 Å². The Labute approximate surface area is 102 Å². The molecule has 0 fully saturated rings. The molecule has 0 saturated carbocycles. The van der Waals surface area contributed by atoms with Crippen LogP contribution in [0.15, 0.2) is 46.2 Å². The number of phenols is 4. The normalized spacial score (nSPS) is 10.4. The second-order valence-corrected chi connectivity index (χ2v) is 4.55. The zero-order chi connectivity index (χ0) is 12.4. The van der Waals surface area contributed by atoms with Crippen LogP contribution in [0.5, 0.6) is 23.0 Å². The Morgan fingerprint density at radius 2 is 1.24 bits per heavy atom. The van der Waals surface area contributed by atoms with Crippen LogP contribution in [0.2, 0.25) is 0 Å². The molecule has 17 heavy (non-hydrogen) atoms. The average Bonchev–Trinajstić information content (AvgIpc) is 2.29. The van der Waals surface area contributed by atoms with Gasteiger partial charge in [0.2, 0.25) is 0 Å². The van der Waals surface area contributed by atoms with Crippen molar-refractivity contribution in [2.45, 2.75) is 9.79 Å². The number of phenolic OH excluding ortho intramolecular Hbond substituents is 4. The number of hydrogen-bond donors (Lipinski definition) is 4. The van der Waals surface area contributed by atoms with E-state index in [1.54, 1.807) is 24.3 Å². The molecule has 0 aliphatic heterocycles. The zero-order valence-electron chi connectivity index (χ0n) is 8.66. The highest BCUT2D eigenvalue weighted by Gasteiger charge is 2.08. The summed E-state index contributed by atoms with van der Waals surface area (Å²) in [4.78, 5) is 1.43. The first-order valence-electron chi connectivity index (χ1n) is 4.78. The molecule has 0 radical (unpaired) electrons. The summed E-state index contributed by atoms with van der Waals surface area (Å²) >= 11 is 1.29. The fraction of sp³-hybridized carbons (Fsp3) is 0. The van der Waals surface area contributed by atoms with E-state index >= 15 is 0 Å². The number of rotatable bonds is 2. The van der Waals surface area contributed by atoms with E-state index in [4.69, 9.17) is 5.11 Å². The van der Waals surface area contributed by atoms with Gasteiger partial charge in [-0.2, -0.15) is 0 Å². The molecule has 0 bridgehead atoms. The number of aromatic hydroxyl groups is 4. The molecule has 0 unspecified atom stereocenters. The number of benzene rings is 2. The molecule has 0 spiro atoms. The molecule has 0 atom stereocenters. The molecular formula is C12H10O4S. The molecule has 0 heterocycles. The van der Waals surface area contributed by atoms with Gasteiger partial charge >= 0.3 is 0 Å². The van der Waals surface area contributed by atoms with Crippen LogP contribution in [0.25, 0.3) is 0 Å². The second-order valence-electron chi connectivity index (χ2n) is 3.41. The van der Waals surface area contributed by atoms with Gasteiger partial charge in [-0.1, -0.05) is 11.8 Å². The van der Waals surface area contributed by atoms with Crippen molar-refractivity contribution in [3.63, 3.8) is 0 Å². The first kappa shape index (κ1) is 11.5. The minimum absolute atomic E-state index is 0.172. The van der Waals surface area contributed by atoms with E-state index in [9.17, 15) is 15.3 Å². The Bertz CT molecular complexity index is 514. The Morgan fingerprint density at radius 3 is 1.76 bits per heavy atom. The van der Waals surface area contributed by atoms with Gasteiger partial charge in [0, 0.05) is 9.79 Å². The molecule has 0 amide bonds. The van der Waals surface area contributed by atoms with Gasteiger partial charge in [0.05, 0.1) is 0 Å².